The highest BCUT2D eigenvalue weighted by molar-refractivity contribution is 7.18. The van der Waals surface area contributed by atoms with Crippen LogP contribution < -0.4 is 10.9 Å². The van der Waals surface area contributed by atoms with Crippen molar-refractivity contribution in [1.29, 1.82) is 0 Å². The lowest BCUT2D eigenvalue weighted by Crippen LogP contribution is -2.27. The van der Waals surface area contributed by atoms with Crippen molar-refractivity contribution in [3.05, 3.63) is 50.3 Å². The Morgan fingerprint density at radius 1 is 1.11 bits per heavy atom. The number of amides is 1. The first-order chi connectivity index (χ1) is 13.3. The van der Waals surface area contributed by atoms with E-state index in [1.54, 1.807) is 33.8 Å². The van der Waals surface area contributed by atoms with Crippen LogP contribution in [0, 0.1) is 13.8 Å². The first-order valence-electron chi connectivity index (χ1n) is 8.73. The second-order valence-electron chi connectivity index (χ2n) is 5.92. The van der Waals surface area contributed by atoms with E-state index in [0.717, 1.165) is 16.9 Å². The Labute approximate surface area is 166 Å². The lowest BCUT2D eigenvalue weighted by molar-refractivity contribution is -0.116. The molecule has 0 aliphatic rings. The summed E-state index contributed by atoms with van der Waals surface area (Å²) in [5, 5.41) is 2.79. The number of ether oxygens (including phenoxy) is 2. The minimum absolute atomic E-state index is 0.111. The van der Waals surface area contributed by atoms with Gasteiger partial charge in [0.05, 0.1) is 18.8 Å². The molecule has 0 atom stereocenters. The van der Waals surface area contributed by atoms with Gasteiger partial charge in [-0.1, -0.05) is 0 Å². The summed E-state index contributed by atoms with van der Waals surface area (Å²) in [5.74, 6) is -1.73. The van der Waals surface area contributed by atoms with Crippen molar-refractivity contribution in [1.82, 2.24) is 4.57 Å². The third kappa shape index (κ3) is 4.86. The second kappa shape index (κ2) is 9.32. The van der Waals surface area contributed by atoms with E-state index in [1.807, 2.05) is 0 Å². The summed E-state index contributed by atoms with van der Waals surface area (Å²) >= 11 is 0.939. The molecule has 0 spiro atoms. The average molecular weight is 406 g/mol. The maximum atomic E-state index is 12.4. The van der Waals surface area contributed by atoms with Crippen LogP contribution in [0.1, 0.15) is 45.0 Å². The molecule has 2 aromatic rings. The van der Waals surface area contributed by atoms with Gasteiger partial charge in [0, 0.05) is 12.3 Å². The van der Waals surface area contributed by atoms with Crippen molar-refractivity contribution in [2.45, 2.75) is 34.2 Å². The molecule has 150 valence electrons. The summed E-state index contributed by atoms with van der Waals surface area (Å²) in [5.41, 5.74) is 0.971. The smallest absolute Gasteiger partial charge is 0.348 e. The number of nitrogens with one attached hydrogen (secondary N) is 1. The number of carbonyl (C=O) groups is 3. The lowest BCUT2D eigenvalue weighted by atomic mass is 10.1. The number of rotatable bonds is 7. The van der Waals surface area contributed by atoms with Crippen LogP contribution in [0.15, 0.2) is 23.1 Å². The van der Waals surface area contributed by atoms with Crippen LogP contribution in [0.3, 0.4) is 0 Å². The third-order valence-electron chi connectivity index (χ3n) is 3.81. The molecule has 0 aliphatic heterocycles. The van der Waals surface area contributed by atoms with Gasteiger partial charge in [-0.3, -0.25) is 9.59 Å². The van der Waals surface area contributed by atoms with Crippen LogP contribution in [0.25, 0.3) is 0 Å². The van der Waals surface area contributed by atoms with Crippen LogP contribution >= 0.6 is 11.3 Å². The van der Waals surface area contributed by atoms with Crippen molar-refractivity contribution in [3.8, 4) is 0 Å². The van der Waals surface area contributed by atoms with Gasteiger partial charge < -0.3 is 19.4 Å². The zero-order chi connectivity index (χ0) is 20.8. The maximum absolute atomic E-state index is 12.4. The van der Waals surface area contributed by atoms with E-state index >= 15 is 0 Å². The van der Waals surface area contributed by atoms with E-state index in [4.69, 9.17) is 9.47 Å². The topological polar surface area (TPSA) is 104 Å². The number of nitrogens with zero attached hydrogens (tertiary/aromatic N) is 1. The van der Waals surface area contributed by atoms with Gasteiger partial charge in [-0.05, 0) is 44.9 Å². The number of pyridine rings is 1. The van der Waals surface area contributed by atoms with Crippen molar-refractivity contribution in [2.75, 3.05) is 18.5 Å². The van der Waals surface area contributed by atoms with Crippen molar-refractivity contribution < 1.29 is 23.9 Å². The Balaban J connectivity index is 2.33. The predicted molar refractivity (Wildman–Crippen MR) is 105 cm³/mol. The summed E-state index contributed by atoms with van der Waals surface area (Å²) in [6.07, 6.45) is 1.52. The molecule has 2 heterocycles. The minimum atomic E-state index is -0.644. The van der Waals surface area contributed by atoms with Crippen LogP contribution in [0.4, 0.5) is 5.00 Å². The number of thiophene rings is 1. The number of anilines is 1. The number of esters is 2. The molecule has 0 radical (unpaired) electrons. The molecule has 0 bridgehead atoms. The SMILES string of the molecule is CCOC(=O)c1sc(NC(=O)Cn2ccc(C)cc2=O)c(C(=O)OCC)c1C. The van der Waals surface area contributed by atoms with Gasteiger partial charge in [0.1, 0.15) is 16.4 Å². The maximum Gasteiger partial charge on any atom is 0.348 e. The molecular formula is C19H22N2O6S. The van der Waals surface area contributed by atoms with Gasteiger partial charge in [-0.15, -0.1) is 11.3 Å². The number of aromatic nitrogens is 1. The van der Waals surface area contributed by atoms with Crippen LogP contribution in [0.2, 0.25) is 0 Å². The Kier molecular flexibility index (Phi) is 7.11. The number of hydrogen-bond acceptors (Lipinski definition) is 7. The molecule has 0 fully saturated rings. The molecule has 28 heavy (non-hydrogen) atoms. The van der Waals surface area contributed by atoms with Crippen LogP contribution in [0.5, 0.6) is 0 Å². The summed E-state index contributed by atoms with van der Waals surface area (Å²) in [4.78, 5) is 49.1. The van der Waals surface area contributed by atoms with Crippen molar-refractivity contribution in [2.24, 2.45) is 0 Å². The summed E-state index contributed by atoms with van der Waals surface area (Å²) < 4.78 is 11.3. The molecule has 9 heteroatoms. The highest BCUT2D eigenvalue weighted by Gasteiger charge is 2.27. The fourth-order valence-corrected chi connectivity index (χ4v) is 3.61. The summed E-state index contributed by atoms with van der Waals surface area (Å²) in [6, 6.07) is 3.14. The summed E-state index contributed by atoms with van der Waals surface area (Å²) in [6.45, 7) is 6.81. The Morgan fingerprint density at radius 2 is 1.75 bits per heavy atom. The minimum Gasteiger partial charge on any atom is -0.462 e. The molecule has 0 aromatic carbocycles. The number of aryl methyl sites for hydroxylation is 1. The standard InChI is InChI=1S/C19H22N2O6S/c1-5-26-18(24)15-12(4)16(19(25)27-6-2)28-17(15)20-13(22)10-21-8-7-11(3)9-14(21)23/h7-9H,5-6,10H2,1-4H3,(H,20,22). The van der Waals surface area contributed by atoms with Gasteiger partial charge in [-0.25, -0.2) is 9.59 Å². The molecule has 1 N–H and O–H groups in total. The van der Waals surface area contributed by atoms with Gasteiger partial charge >= 0.3 is 11.9 Å². The van der Waals surface area contributed by atoms with Gasteiger partial charge in [0.25, 0.3) is 5.56 Å². The largest absolute Gasteiger partial charge is 0.462 e. The highest BCUT2D eigenvalue weighted by Crippen LogP contribution is 2.34. The molecule has 2 aromatic heterocycles. The molecular weight excluding hydrogens is 384 g/mol. The van der Waals surface area contributed by atoms with E-state index in [1.165, 1.54) is 16.8 Å². The van der Waals surface area contributed by atoms with E-state index in [2.05, 4.69) is 5.32 Å². The highest BCUT2D eigenvalue weighted by atomic mass is 32.1. The first kappa shape index (κ1) is 21.4. The van der Waals surface area contributed by atoms with E-state index in [0.29, 0.717) is 5.56 Å². The average Bonchev–Trinajstić information content (AvgIpc) is 2.94. The second-order valence-corrected chi connectivity index (χ2v) is 6.94. The predicted octanol–water partition coefficient (Wildman–Crippen LogP) is 2.52. The van der Waals surface area contributed by atoms with E-state index in [-0.39, 0.29) is 40.8 Å². The zero-order valence-corrected chi connectivity index (χ0v) is 17.0. The first-order valence-corrected chi connectivity index (χ1v) is 9.54. The van der Waals surface area contributed by atoms with Gasteiger partial charge in [0.2, 0.25) is 5.91 Å². The molecule has 0 saturated heterocycles. The Hall–Kier alpha value is -2.94. The Bertz CT molecular complexity index is 960. The molecule has 2 rings (SSSR count). The summed E-state index contributed by atoms with van der Waals surface area (Å²) in [7, 11) is 0. The van der Waals surface area contributed by atoms with Crippen molar-refractivity contribution >= 4 is 34.2 Å². The van der Waals surface area contributed by atoms with E-state index < -0.39 is 17.8 Å². The fraction of sp³-hybridized carbons (Fsp3) is 0.368. The van der Waals surface area contributed by atoms with Gasteiger partial charge in [0.15, 0.2) is 0 Å². The van der Waals surface area contributed by atoms with Crippen molar-refractivity contribution in [3.63, 3.8) is 0 Å². The quantitative estimate of drug-likeness (QED) is 0.709. The molecule has 1 amide bonds. The number of carbonyl (C=O) groups excluding carboxylic acids is 3. The normalized spacial score (nSPS) is 10.4. The van der Waals surface area contributed by atoms with Crippen LogP contribution in [-0.4, -0.2) is 35.6 Å². The molecule has 0 unspecified atom stereocenters. The monoisotopic (exact) mass is 406 g/mol. The Morgan fingerprint density at radius 3 is 2.36 bits per heavy atom. The molecule has 0 aliphatic carbocycles. The van der Waals surface area contributed by atoms with E-state index in [9.17, 15) is 19.2 Å². The zero-order valence-electron chi connectivity index (χ0n) is 16.2. The van der Waals surface area contributed by atoms with Gasteiger partial charge in [-0.2, -0.15) is 0 Å². The van der Waals surface area contributed by atoms with Crippen LogP contribution in [-0.2, 0) is 20.8 Å². The third-order valence-corrected chi connectivity index (χ3v) is 4.99. The number of hydrogen-bond donors (Lipinski definition) is 1. The molecule has 8 nitrogen and oxygen atoms in total. The molecule has 0 saturated carbocycles. The lowest BCUT2D eigenvalue weighted by Gasteiger charge is -2.08. The fourth-order valence-electron chi connectivity index (χ4n) is 2.50.